The van der Waals surface area contributed by atoms with Crippen molar-refractivity contribution in [1.82, 2.24) is 4.90 Å². The van der Waals surface area contributed by atoms with E-state index < -0.39 is 13.1 Å². The fourth-order valence-corrected chi connectivity index (χ4v) is 11.1. The number of ether oxygens (including phenoxy) is 1. The number of hydrogen-bond donors (Lipinski definition) is 1. The number of nitrogens with zero attached hydrogens (tertiary/aromatic N) is 2. The molecular weight excluding hydrogens is 460 g/mol. The molecular formula is C32H55N2O3+. The Morgan fingerprint density at radius 3 is 2.41 bits per heavy atom. The standard InChI is InChI=1S/C32H55N2O3/c1-22(35)37-29-19-23-11-12-24-25(32(23,3)21-27(29)33-15-7-5-8-16-33)13-14-31(2)26(24)20-28(30(31)36)34(4)17-9-6-10-18-34/h23-30,36H,5-21H2,1-4H3/q+1/t23-,24+,25-,26-,27-,28-,29-,30-,31-,32-/m0/s1/i4D3. The molecule has 10 atom stereocenters. The van der Waals surface area contributed by atoms with E-state index in [0.29, 0.717) is 42.8 Å². The van der Waals surface area contributed by atoms with Crippen molar-refractivity contribution in [2.24, 2.45) is 34.5 Å². The van der Waals surface area contributed by atoms with Crippen LogP contribution in [0.15, 0.2) is 0 Å². The highest BCUT2D eigenvalue weighted by atomic mass is 16.5. The summed E-state index contributed by atoms with van der Waals surface area (Å²) in [6.45, 7) is 7.95. The summed E-state index contributed by atoms with van der Waals surface area (Å²) in [4.78, 5) is 14.8. The van der Waals surface area contributed by atoms with Crippen LogP contribution in [0.3, 0.4) is 0 Å². The molecule has 4 aliphatic carbocycles. The molecule has 37 heavy (non-hydrogen) atoms. The van der Waals surface area contributed by atoms with E-state index in [1.165, 1.54) is 25.7 Å². The first kappa shape index (κ1) is 23.1. The number of likely N-dealkylation sites (tertiary alicyclic amines) is 2. The molecule has 1 N–H and O–H groups in total. The molecule has 6 fully saturated rings. The van der Waals surface area contributed by atoms with Crippen molar-refractivity contribution < 1.29 is 23.2 Å². The van der Waals surface area contributed by atoms with Crippen LogP contribution < -0.4 is 0 Å². The Bertz CT molecular complexity index is 948. The quantitative estimate of drug-likeness (QED) is 0.402. The zero-order valence-electron chi connectivity index (χ0n) is 26.8. The highest BCUT2D eigenvalue weighted by Gasteiger charge is 2.66. The lowest BCUT2D eigenvalue weighted by molar-refractivity contribution is -0.940. The molecule has 5 heteroatoms. The average Bonchev–Trinajstić information content (AvgIpc) is 3.19. The predicted octanol–water partition coefficient (Wildman–Crippen LogP) is 5.40. The van der Waals surface area contributed by atoms with Gasteiger partial charge < -0.3 is 14.3 Å². The van der Waals surface area contributed by atoms with E-state index in [1.54, 1.807) is 6.92 Å². The van der Waals surface area contributed by atoms with E-state index >= 15 is 0 Å². The molecule has 210 valence electrons. The maximum absolute atomic E-state index is 12.2. The van der Waals surface area contributed by atoms with Crippen LogP contribution >= 0.6 is 0 Å². The maximum atomic E-state index is 12.2. The number of hydrogen-bond acceptors (Lipinski definition) is 4. The molecule has 6 aliphatic rings. The Kier molecular flexibility index (Phi) is 6.10. The van der Waals surface area contributed by atoms with Gasteiger partial charge in [0, 0.05) is 24.8 Å². The number of fused-ring (bicyclic) bond motifs is 5. The number of rotatable bonds is 3. The second-order valence-corrected chi connectivity index (χ2v) is 14.7. The third-order valence-electron chi connectivity index (χ3n) is 13.1. The van der Waals surface area contributed by atoms with E-state index in [4.69, 9.17) is 8.85 Å². The van der Waals surface area contributed by atoms with Crippen molar-refractivity contribution in [3.63, 3.8) is 0 Å². The van der Waals surface area contributed by atoms with Gasteiger partial charge >= 0.3 is 5.97 Å². The zero-order valence-corrected chi connectivity index (χ0v) is 23.8. The molecule has 2 saturated heterocycles. The Balaban J connectivity index is 1.28. The molecule has 0 unspecified atom stereocenters. The summed E-state index contributed by atoms with van der Waals surface area (Å²) in [5.41, 5.74) is 0.0116. The minimum Gasteiger partial charge on any atom is -0.461 e. The highest BCUT2D eigenvalue weighted by Crippen LogP contribution is 2.67. The first-order chi connectivity index (χ1) is 18.9. The number of aliphatic hydroxyl groups is 1. The van der Waals surface area contributed by atoms with E-state index in [1.807, 2.05) is 0 Å². The van der Waals surface area contributed by atoms with Gasteiger partial charge in [0.25, 0.3) is 0 Å². The number of piperidine rings is 2. The lowest BCUT2D eigenvalue weighted by Gasteiger charge is -2.62. The number of carbonyl (C=O) groups is 1. The van der Waals surface area contributed by atoms with Gasteiger partial charge in [-0.15, -0.1) is 0 Å². The molecule has 0 aromatic rings. The van der Waals surface area contributed by atoms with Crippen molar-refractivity contribution in [2.75, 3.05) is 33.2 Å². The molecule has 5 nitrogen and oxygen atoms in total. The van der Waals surface area contributed by atoms with Crippen molar-refractivity contribution in [1.29, 1.82) is 0 Å². The van der Waals surface area contributed by atoms with Gasteiger partial charge in [-0.1, -0.05) is 20.3 Å². The van der Waals surface area contributed by atoms with Gasteiger partial charge in [-0.25, -0.2) is 0 Å². The Labute approximate surface area is 230 Å². The maximum Gasteiger partial charge on any atom is 0.302 e. The average molecular weight is 519 g/mol. The van der Waals surface area contributed by atoms with Gasteiger partial charge in [-0.2, -0.15) is 0 Å². The van der Waals surface area contributed by atoms with E-state index in [0.717, 1.165) is 70.9 Å². The number of aliphatic hydroxyl groups excluding tert-OH is 1. The number of esters is 1. The first-order valence-electron chi connectivity index (χ1n) is 17.4. The number of quaternary nitrogens is 1. The van der Waals surface area contributed by atoms with Gasteiger partial charge in [0.2, 0.25) is 0 Å². The molecule has 0 amide bonds. The van der Waals surface area contributed by atoms with Crippen LogP contribution in [0.1, 0.15) is 108 Å². The second-order valence-electron chi connectivity index (χ2n) is 14.7. The topological polar surface area (TPSA) is 49.8 Å². The third kappa shape index (κ3) is 4.32. The van der Waals surface area contributed by atoms with Crippen LogP contribution in [-0.2, 0) is 9.53 Å². The molecule has 2 aliphatic heterocycles. The van der Waals surface area contributed by atoms with Crippen LogP contribution in [0, 0.1) is 34.5 Å². The van der Waals surface area contributed by atoms with Gasteiger partial charge in [0.05, 0.1) is 24.2 Å². The fraction of sp³-hybridized carbons (Fsp3) is 0.969. The fourth-order valence-electron chi connectivity index (χ4n) is 11.1. The monoisotopic (exact) mass is 518 g/mol. The Hall–Kier alpha value is -0.650. The van der Waals surface area contributed by atoms with E-state index in [2.05, 4.69) is 18.7 Å². The van der Waals surface area contributed by atoms with Crippen LogP contribution in [0.5, 0.6) is 0 Å². The number of likely N-dealkylation sites (N-methyl/N-ethyl adjacent to an activating group) is 1. The molecule has 2 heterocycles. The second kappa shape index (κ2) is 9.77. The molecule has 0 aromatic carbocycles. The van der Waals surface area contributed by atoms with E-state index in [-0.39, 0.29) is 33.4 Å². The summed E-state index contributed by atoms with van der Waals surface area (Å²) in [5, 5.41) is 12.0. The van der Waals surface area contributed by atoms with Crippen LogP contribution in [0.2, 0.25) is 0 Å². The smallest absolute Gasteiger partial charge is 0.302 e. The lowest BCUT2D eigenvalue weighted by Crippen LogP contribution is -2.61. The van der Waals surface area contributed by atoms with Crippen LogP contribution in [0.25, 0.3) is 0 Å². The molecule has 4 saturated carbocycles. The number of carbonyl (C=O) groups excluding carboxylic acids is 1. The van der Waals surface area contributed by atoms with Gasteiger partial charge in [0.15, 0.2) is 0 Å². The zero-order chi connectivity index (χ0) is 28.5. The summed E-state index contributed by atoms with van der Waals surface area (Å²) in [7, 11) is 0. The summed E-state index contributed by atoms with van der Waals surface area (Å²) in [5.74, 6) is 1.96. The van der Waals surface area contributed by atoms with Gasteiger partial charge in [0.1, 0.15) is 18.2 Å². The largest absolute Gasteiger partial charge is 0.461 e. The molecule has 0 bridgehead atoms. The minimum atomic E-state index is -2.07. The van der Waals surface area contributed by atoms with Crippen LogP contribution in [0.4, 0.5) is 0 Å². The molecule has 6 rings (SSSR count). The van der Waals surface area contributed by atoms with Crippen molar-refractivity contribution in [3.05, 3.63) is 0 Å². The molecule has 0 aromatic heterocycles. The summed E-state index contributed by atoms with van der Waals surface area (Å²) in [6.07, 6.45) is 13.6. The summed E-state index contributed by atoms with van der Waals surface area (Å²) < 4.78 is 32.1. The Morgan fingerprint density at radius 2 is 1.70 bits per heavy atom. The summed E-state index contributed by atoms with van der Waals surface area (Å²) >= 11 is 0. The van der Waals surface area contributed by atoms with Crippen molar-refractivity contribution in [3.8, 4) is 0 Å². The van der Waals surface area contributed by atoms with Crippen molar-refractivity contribution >= 4 is 5.97 Å². The van der Waals surface area contributed by atoms with Gasteiger partial charge in [-0.05, 0) is 113 Å². The SMILES string of the molecule is [2H]C([2H])([2H])[N+]1([C@H]2C[C@H]3[C@@H]4CC[C@H]5C[C@H](OC(C)=O)[C@@H](N6CCCCC6)C[C@]5(C)[C@H]4CC[C@]3(C)[C@H]2O)CCCCC1. The summed E-state index contributed by atoms with van der Waals surface area (Å²) in [6, 6.07) is 0.130. The Morgan fingerprint density at radius 1 is 0.973 bits per heavy atom. The third-order valence-corrected chi connectivity index (χ3v) is 13.1. The molecule has 0 radical (unpaired) electrons. The first-order valence-corrected chi connectivity index (χ1v) is 15.9. The molecule has 0 spiro atoms. The van der Waals surface area contributed by atoms with Crippen LogP contribution in [-0.4, -0.2) is 77.9 Å². The van der Waals surface area contributed by atoms with E-state index in [9.17, 15) is 9.90 Å². The van der Waals surface area contributed by atoms with Crippen molar-refractivity contribution in [2.45, 2.75) is 129 Å². The van der Waals surface area contributed by atoms with Gasteiger partial charge in [-0.3, -0.25) is 9.69 Å². The minimum absolute atomic E-state index is 0.000454. The lowest BCUT2D eigenvalue weighted by atomic mass is 9.44. The highest BCUT2D eigenvalue weighted by molar-refractivity contribution is 5.66. The normalized spacial score (nSPS) is 51.5. The predicted molar refractivity (Wildman–Crippen MR) is 147 cm³/mol.